The van der Waals surface area contributed by atoms with Crippen LogP contribution in [0, 0.1) is 17.2 Å². The molecule has 0 radical (unpaired) electrons. The van der Waals surface area contributed by atoms with E-state index in [-0.39, 0.29) is 36.2 Å². The number of ether oxygens (including phenoxy) is 2. The fraction of sp³-hybridized carbons (Fsp3) is 0.415. The van der Waals surface area contributed by atoms with Crippen LogP contribution in [-0.4, -0.2) is 71.0 Å². The molecule has 8 rings (SSSR count). The number of benzene rings is 2. The van der Waals surface area contributed by atoms with E-state index in [1.807, 2.05) is 26.1 Å². The van der Waals surface area contributed by atoms with Crippen molar-refractivity contribution in [2.24, 2.45) is 5.92 Å². The molecular weight excluding hydrogens is 685 g/mol. The molecule has 1 saturated carbocycles. The number of anilines is 2. The Labute approximate surface area is 314 Å². The van der Waals surface area contributed by atoms with Gasteiger partial charge in [0.15, 0.2) is 11.5 Å². The predicted molar refractivity (Wildman–Crippen MR) is 203 cm³/mol. The van der Waals surface area contributed by atoms with E-state index in [1.54, 1.807) is 29.3 Å². The number of carbonyl (C=O) groups is 3. The van der Waals surface area contributed by atoms with E-state index < -0.39 is 6.03 Å². The lowest BCUT2D eigenvalue weighted by atomic mass is 9.83. The summed E-state index contributed by atoms with van der Waals surface area (Å²) >= 11 is 0. The van der Waals surface area contributed by atoms with Gasteiger partial charge in [-0.2, -0.15) is 5.26 Å². The van der Waals surface area contributed by atoms with Crippen molar-refractivity contribution in [3.05, 3.63) is 71.7 Å². The molecule has 0 spiro atoms. The van der Waals surface area contributed by atoms with Crippen LogP contribution in [-0.2, 0) is 4.79 Å². The zero-order chi connectivity index (χ0) is 37.3. The Balaban J connectivity index is 0.860. The zero-order valence-electron chi connectivity index (χ0n) is 30.6. The van der Waals surface area contributed by atoms with Crippen molar-refractivity contribution >= 4 is 40.0 Å². The number of urea groups is 1. The van der Waals surface area contributed by atoms with E-state index in [4.69, 9.17) is 9.47 Å². The van der Waals surface area contributed by atoms with Gasteiger partial charge in [0, 0.05) is 60.8 Å². The number of imide groups is 1. The number of likely N-dealkylation sites (tertiary alicyclic amines) is 1. The summed E-state index contributed by atoms with van der Waals surface area (Å²) in [4.78, 5) is 51.2. The SMILES string of the molecule is CC(C)Nc1c(C(=O)NC2CCC(CN3CCC(c4cccc5c(N6CCC(=O)NC6=O)cncc45)CC3)CC2)cnc2c1Oc1cc(C#N)ccc1O2. The van der Waals surface area contributed by atoms with E-state index in [1.165, 1.54) is 11.8 Å². The molecule has 13 heteroatoms. The first-order chi connectivity index (χ1) is 26.2. The number of hydrogen-bond acceptors (Lipinski definition) is 10. The van der Waals surface area contributed by atoms with E-state index >= 15 is 0 Å². The summed E-state index contributed by atoms with van der Waals surface area (Å²) in [6, 6.07) is 13.1. The summed E-state index contributed by atoms with van der Waals surface area (Å²) in [6.45, 7) is 7.42. The quantitative estimate of drug-likeness (QED) is 0.154. The van der Waals surface area contributed by atoms with Gasteiger partial charge in [0.2, 0.25) is 11.7 Å². The molecule has 13 nitrogen and oxygen atoms in total. The molecule has 2 aromatic carbocycles. The van der Waals surface area contributed by atoms with Crippen molar-refractivity contribution in [1.82, 2.24) is 25.5 Å². The van der Waals surface area contributed by atoms with Gasteiger partial charge in [0.25, 0.3) is 11.8 Å². The normalized spacial score (nSPS) is 20.3. The fourth-order valence-electron chi connectivity index (χ4n) is 8.31. The highest BCUT2D eigenvalue weighted by atomic mass is 16.6. The average molecular weight is 729 g/mol. The van der Waals surface area contributed by atoms with Crippen LogP contribution in [0.2, 0.25) is 0 Å². The van der Waals surface area contributed by atoms with Crippen LogP contribution in [0.15, 0.2) is 55.0 Å². The lowest BCUT2D eigenvalue weighted by Gasteiger charge is -2.37. The molecule has 4 aromatic rings. The van der Waals surface area contributed by atoms with Crippen LogP contribution in [0.1, 0.15) is 86.2 Å². The zero-order valence-corrected chi connectivity index (χ0v) is 30.6. The number of rotatable bonds is 8. The second-order valence-electron chi connectivity index (χ2n) is 15.1. The molecule has 0 unspecified atom stereocenters. The van der Waals surface area contributed by atoms with Gasteiger partial charge in [-0.3, -0.25) is 24.8 Å². The Morgan fingerprint density at radius 1 is 0.981 bits per heavy atom. The van der Waals surface area contributed by atoms with Gasteiger partial charge in [-0.25, -0.2) is 9.78 Å². The minimum absolute atomic E-state index is 0.0130. The number of pyridine rings is 2. The number of nitrogens with one attached hydrogen (secondary N) is 3. The van der Waals surface area contributed by atoms with Gasteiger partial charge < -0.3 is 25.0 Å². The highest BCUT2D eigenvalue weighted by molar-refractivity contribution is 6.10. The lowest BCUT2D eigenvalue weighted by molar-refractivity contribution is -0.120. The molecule has 3 fully saturated rings. The van der Waals surface area contributed by atoms with Gasteiger partial charge in [-0.15, -0.1) is 0 Å². The van der Waals surface area contributed by atoms with Crippen molar-refractivity contribution in [1.29, 1.82) is 5.26 Å². The molecule has 278 valence electrons. The van der Waals surface area contributed by atoms with Crippen LogP contribution < -0.4 is 30.3 Å². The highest BCUT2D eigenvalue weighted by Gasteiger charge is 2.32. The van der Waals surface area contributed by atoms with Crippen LogP contribution in [0.4, 0.5) is 16.2 Å². The van der Waals surface area contributed by atoms with Crippen molar-refractivity contribution in [3.63, 3.8) is 0 Å². The lowest BCUT2D eigenvalue weighted by Crippen LogP contribution is -2.49. The highest BCUT2D eigenvalue weighted by Crippen LogP contribution is 2.49. The van der Waals surface area contributed by atoms with E-state index in [9.17, 15) is 19.6 Å². The predicted octanol–water partition coefficient (Wildman–Crippen LogP) is 6.83. The molecule has 2 aromatic heterocycles. The number of nitrogens with zero attached hydrogens (tertiary/aromatic N) is 5. The largest absolute Gasteiger partial charge is 0.445 e. The number of hydrogen-bond donors (Lipinski definition) is 3. The maximum Gasteiger partial charge on any atom is 0.328 e. The van der Waals surface area contributed by atoms with E-state index in [0.717, 1.165) is 74.6 Å². The molecule has 0 atom stereocenters. The first-order valence-corrected chi connectivity index (χ1v) is 18.9. The summed E-state index contributed by atoms with van der Waals surface area (Å²) in [6.07, 6.45) is 11.5. The van der Waals surface area contributed by atoms with Crippen LogP contribution in [0.5, 0.6) is 23.1 Å². The summed E-state index contributed by atoms with van der Waals surface area (Å²) in [5, 5.41) is 20.5. The van der Waals surface area contributed by atoms with Crippen LogP contribution in [0.3, 0.4) is 0 Å². The maximum atomic E-state index is 13.7. The summed E-state index contributed by atoms with van der Waals surface area (Å²) in [5.41, 5.74) is 3.36. The molecule has 1 aliphatic carbocycles. The third-order valence-corrected chi connectivity index (χ3v) is 11.1. The molecule has 5 heterocycles. The van der Waals surface area contributed by atoms with Gasteiger partial charge >= 0.3 is 6.03 Å². The molecular formula is C41H44N8O5. The Morgan fingerprint density at radius 3 is 2.56 bits per heavy atom. The Morgan fingerprint density at radius 2 is 1.80 bits per heavy atom. The second kappa shape index (κ2) is 14.9. The first kappa shape index (κ1) is 35.3. The standard InChI is InChI=1S/C41H44N8O5/c1-24(2)45-37-32(21-44-40-38(37)53-35-18-26(19-42)8-11-34(35)54-40)39(51)46-28-9-6-25(7-10-28)23-48-15-12-27(13-16-48)29-4-3-5-30-31(29)20-43-22-33(30)49-17-14-36(50)47-41(49)52/h3-5,8,11,18,20-22,24-25,27-28H,6-7,9-10,12-17,23H2,1-2H3,(H,44,45)(H,46,51)(H,47,50,52). The molecule has 3 N–H and O–H groups in total. The monoisotopic (exact) mass is 728 g/mol. The first-order valence-electron chi connectivity index (χ1n) is 18.9. The van der Waals surface area contributed by atoms with Crippen molar-refractivity contribution in [2.45, 2.75) is 76.8 Å². The van der Waals surface area contributed by atoms with Crippen molar-refractivity contribution in [2.75, 3.05) is 36.4 Å². The Kier molecular flexibility index (Phi) is 9.77. The summed E-state index contributed by atoms with van der Waals surface area (Å²) < 4.78 is 12.2. The maximum absolute atomic E-state index is 13.7. The van der Waals surface area contributed by atoms with Crippen molar-refractivity contribution < 1.29 is 23.9 Å². The average Bonchev–Trinajstić information content (AvgIpc) is 3.17. The number of fused-ring (bicyclic) bond motifs is 3. The van der Waals surface area contributed by atoms with Gasteiger partial charge in [0.05, 0.1) is 34.8 Å². The number of nitriles is 1. The Bertz CT molecular complexity index is 2150. The molecule has 0 bridgehead atoms. The van der Waals surface area contributed by atoms with Gasteiger partial charge in [-0.05, 0) is 95.0 Å². The van der Waals surface area contributed by atoms with Crippen LogP contribution >= 0.6 is 0 Å². The second-order valence-corrected chi connectivity index (χ2v) is 15.1. The van der Waals surface area contributed by atoms with Gasteiger partial charge in [0.1, 0.15) is 0 Å². The Hall–Kier alpha value is -5.74. The fourth-order valence-corrected chi connectivity index (χ4v) is 8.31. The summed E-state index contributed by atoms with van der Waals surface area (Å²) in [5.74, 6) is 1.99. The number of piperidine rings is 1. The third-order valence-electron chi connectivity index (χ3n) is 11.1. The van der Waals surface area contributed by atoms with Crippen molar-refractivity contribution in [3.8, 4) is 29.2 Å². The third kappa shape index (κ3) is 7.13. The molecule has 4 aliphatic rings. The number of aromatic nitrogens is 2. The number of amides is 4. The topological polar surface area (TPSA) is 162 Å². The minimum atomic E-state index is -0.398. The molecule has 54 heavy (non-hydrogen) atoms. The number of carbonyl (C=O) groups excluding carboxylic acids is 3. The van der Waals surface area contributed by atoms with Gasteiger partial charge in [-0.1, -0.05) is 18.2 Å². The van der Waals surface area contributed by atoms with Crippen LogP contribution in [0.25, 0.3) is 10.8 Å². The molecule has 2 saturated heterocycles. The summed E-state index contributed by atoms with van der Waals surface area (Å²) in [7, 11) is 0. The minimum Gasteiger partial charge on any atom is -0.445 e. The van der Waals surface area contributed by atoms with E-state index in [0.29, 0.717) is 52.4 Å². The molecule has 4 amide bonds. The molecule has 3 aliphatic heterocycles. The van der Waals surface area contributed by atoms with E-state index in [2.05, 4.69) is 49.0 Å². The smallest absolute Gasteiger partial charge is 0.328 e.